The lowest BCUT2D eigenvalue weighted by Gasteiger charge is -2.29. The van der Waals surface area contributed by atoms with E-state index in [9.17, 15) is 39.6 Å². The Kier molecular flexibility index (Phi) is 7.11. The lowest BCUT2D eigenvalue weighted by molar-refractivity contribution is -0.137. The van der Waals surface area contributed by atoms with E-state index in [0.717, 1.165) is 12.1 Å². The molecule has 1 saturated carbocycles. The standard InChI is InChI=1S/C16H16ClF6NO4S/c17-13-6-3-10(15(18,19)20)7-12(13)14(25)24-11-4-1-9(2-5-11)8-28-29(26,27)16(21,22)23/h3,6-7,9,11H,1-2,4-5,8H2,(H,24,25). The van der Waals surface area contributed by atoms with Crippen molar-refractivity contribution in [3.63, 3.8) is 0 Å². The summed E-state index contributed by atoms with van der Waals surface area (Å²) in [4.78, 5) is 12.3. The molecule has 13 heteroatoms. The fourth-order valence-corrected chi connectivity index (χ4v) is 3.57. The van der Waals surface area contributed by atoms with Crippen molar-refractivity contribution in [1.82, 2.24) is 5.32 Å². The summed E-state index contributed by atoms with van der Waals surface area (Å²) in [6, 6.07) is 1.91. The van der Waals surface area contributed by atoms with E-state index >= 15 is 0 Å². The monoisotopic (exact) mass is 467 g/mol. The first-order valence-electron chi connectivity index (χ1n) is 8.34. The quantitative estimate of drug-likeness (QED) is 0.393. The highest BCUT2D eigenvalue weighted by atomic mass is 35.5. The molecule has 1 aliphatic rings. The Morgan fingerprint density at radius 3 is 2.21 bits per heavy atom. The van der Waals surface area contributed by atoms with E-state index < -0.39 is 51.8 Å². The molecule has 2 rings (SSSR count). The van der Waals surface area contributed by atoms with Crippen LogP contribution in [0.15, 0.2) is 18.2 Å². The number of halogens is 7. The van der Waals surface area contributed by atoms with E-state index in [1.54, 1.807) is 0 Å². The molecule has 0 spiro atoms. The Morgan fingerprint density at radius 2 is 1.69 bits per heavy atom. The topological polar surface area (TPSA) is 72.5 Å². The van der Waals surface area contributed by atoms with Crippen molar-refractivity contribution in [2.45, 2.75) is 43.4 Å². The third-order valence-electron chi connectivity index (χ3n) is 4.46. The van der Waals surface area contributed by atoms with Gasteiger partial charge in [0.2, 0.25) is 0 Å². The highest BCUT2D eigenvalue weighted by Crippen LogP contribution is 2.32. The molecule has 1 amide bonds. The molecule has 1 fully saturated rings. The van der Waals surface area contributed by atoms with E-state index in [4.69, 9.17) is 11.6 Å². The predicted molar refractivity (Wildman–Crippen MR) is 90.6 cm³/mol. The molecule has 164 valence electrons. The number of benzene rings is 1. The first kappa shape index (κ1) is 23.7. The van der Waals surface area contributed by atoms with Crippen LogP contribution < -0.4 is 5.32 Å². The molecule has 1 N–H and O–H groups in total. The average molecular weight is 468 g/mol. The predicted octanol–water partition coefficient (Wildman–Crippen LogP) is 4.51. The Hall–Kier alpha value is -1.53. The Balaban J connectivity index is 1.91. The summed E-state index contributed by atoms with van der Waals surface area (Å²) in [5.74, 6) is -1.27. The van der Waals surface area contributed by atoms with Crippen LogP contribution in [-0.2, 0) is 20.5 Å². The second-order valence-electron chi connectivity index (χ2n) is 6.57. The minimum absolute atomic E-state index is 0.157. The van der Waals surface area contributed by atoms with Crippen LogP contribution in [-0.4, -0.2) is 32.5 Å². The maximum Gasteiger partial charge on any atom is 0.523 e. The molecule has 0 bridgehead atoms. The molecule has 1 aliphatic carbocycles. The number of nitrogens with one attached hydrogen (secondary N) is 1. The Bertz CT molecular complexity index is 848. The minimum Gasteiger partial charge on any atom is -0.349 e. The average Bonchev–Trinajstić information content (AvgIpc) is 2.59. The molecule has 0 atom stereocenters. The summed E-state index contributed by atoms with van der Waals surface area (Å²) in [6.07, 6.45) is -3.51. The second kappa shape index (κ2) is 8.68. The number of hydrogen-bond acceptors (Lipinski definition) is 4. The van der Waals surface area contributed by atoms with Gasteiger partial charge in [0.1, 0.15) is 0 Å². The van der Waals surface area contributed by atoms with Crippen LogP contribution >= 0.6 is 11.6 Å². The molecule has 1 aromatic carbocycles. The first-order valence-corrected chi connectivity index (χ1v) is 10.1. The molecule has 0 heterocycles. The van der Waals surface area contributed by atoms with Gasteiger partial charge in [0.15, 0.2) is 0 Å². The fourth-order valence-electron chi connectivity index (χ4n) is 2.86. The molecule has 5 nitrogen and oxygen atoms in total. The first-order chi connectivity index (χ1) is 13.2. The highest BCUT2D eigenvalue weighted by Gasteiger charge is 2.47. The number of carbonyl (C=O) groups is 1. The summed E-state index contributed by atoms with van der Waals surface area (Å²) in [5.41, 5.74) is -6.87. The molecule has 0 aliphatic heterocycles. The molecule has 0 aromatic heterocycles. The van der Waals surface area contributed by atoms with E-state index in [1.165, 1.54) is 0 Å². The zero-order chi connectivity index (χ0) is 22.0. The van der Waals surface area contributed by atoms with Crippen LogP contribution in [0.1, 0.15) is 41.6 Å². The van der Waals surface area contributed by atoms with E-state index in [2.05, 4.69) is 9.50 Å². The number of amides is 1. The molecular weight excluding hydrogens is 452 g/mol. The van der Waals surface area contributed by atoms with Crippen molar-refractivity contribution in [3.05, 3.63) is 34.3 Å². The van der Waals surface area contributed by atoms with Gasteiger partial charge in [-0.1, -0.05) is 11.6 Å². The van der Waals surface area contributed by atoms with E-state index in [0.29, 0.717) is 18.9 Å². The van der Waals surface area contributed by atoms with Crippen LogP contribution in [0.4, 0.5) is 26.3 Å². The lowest BCUT2D eigenvalue weighted by atomic mass is 9.86. The highest BCUT2D eigenvalue weighted by molar-refractivity contribution is 7.87. The van der Waals surface area contributed by atoms with Gasteiger partial charge in [0, 0.05) is 6.04 Å². The smallest absolute Gasteiger partial charge is 0.349 e. The molecule has 29 heavy (non-hydrogen) atoms. The Labute approximate surface area is 167 Å². The third kappa shape index (κ3) is 6.22. The number of hydrogen-bond donors (Lipinski definition) is 1. The molecule has 0 radical (unpaired) electrons. The number of rotatable bonds is 5. The van der Waals surface area contributed by atoms with Gasteiger partial charge in [-0.15, -0.1) is 0 Å². The summed E-state index contributed by atoms with van der Waals surface area (Å²) in [5, 5.41) is 2.38. The zero-order valence-electron chi connectivity index (χ0n) is 14.6. The summed E-state index contributed by atoms with van der Waals surface area (Å²) in [6.45, 7) is -0.637. The minimum atomic E-state index is -5.66. The molecular formula is C16H16ClF6NO4S. The van der Waals surface area contributed by atoms with Gasteiger partial charge in [-0.2, -0.15) is 34.8 Å². The summed E-state index contributed by atoms with van der Waals surface area (Å²) < 4.78 is 101. The normalized spacial score (nSPS) is 21.1. The summed E-state index contributed by atoms with van der Waals surface area (Å²) >= 11 is 5.81. The van der Waals surface area contributed by atoms with Gasteiger partial charge in [-0.05, 0) is 49.8 Å². The lowest BCUT2D eigenvalue weighted by Crippen LogP contribution is -2.38. The van der Waals surface area contributed by atoms with Crippen LogP contribution in [0.2, 0.25) is 5.02 Å². The molecule has 0 saturated heterocycles. The van der Waals surface area contributed by atoms with E-state index in [1.807, 2.05) is 0 Å². The maximum atomic E-state index is 12.8. The van der Waals surface area contributed by atoms with Gasteiger partial charge < -0.3 is 5.32 Å². The van der Waals surface area contributed by atoms with Crippen molar-refractivity contribution in [2.24, 2.45) is 5.92 Å². The van der Waals surface area contributed by atoms with Gasteiger partial charge in [-0.25, -0.2) is 0 Å². The van der Waals surface area contributed by atoms with Gasteiger partial charge >= 0.3 is 21.8 Å². The summed E-state index contributed by atoms with van der Waals surface area (Å²) in [7, 11) is -5.66. The molecule has 1 aromatic rings. The van der Waals surface area contributed by atoms with Crippen molar-refractivity contribution in [2.75, 3.05) is 6.61 Å². The van der Waals surface area contributed by atoms with Crippen LogP contribution in [0.25, 0.3) is 0 Å². The fraction of sp³-hybridized carbons (Fsp3) is 0.562. The maximum absolute atomic E-state index is 12.8. The van der Waals surface area contributed by atoms with Crippen molar-refractivity contribution in [1.29, 1.82) is 0 Å². The van der Waals surface area contributed by atoms with Crippen molar-refractivity contribution >= 4 is 27.6 Å². The van der Waals surface area contributed by atoms with E-state index in [-0.39, 0.29) is 23.4 Å². The van der Waals surface area contributed by atoms with Crippen LogP contribution in [0.5, 0.6) is 0 Å². The number of carbonyl (C=O) groups excluding carboxylic acids is 1. The van der Waals surface area contributed by atoms with Crippen LogP contribution in [0, 0.1) is 5.92 Å². The number of alkyl halides is 6. The van der Waals surface area contributed by atoms with Gasteiger partial charge in [0.05, 0.1) is 22.8 Å². The Morgan fingerprint density at radius 1 is 1.10 bits per heavy atom. The third-order valence-corrected chi connectivity index (χ3v) is 5.81. The SMILES string of the molecule is O=C(NC1CCC(COS(=O)(=O)C(F)(F)F)CC1)c1cc(C(F)(F)F)ccc1Cl. The van der Waals surface area contributed by atoms with Gasteiger partial charge in [0.25, 0.3) is 5.91 Å². The second-order valence-corrected chi connectivity index (χ2v) is 8.58. The zero-order valence-corrected chi connectivity index (χ0v) is 16.2. The van der Waals surface area contributed by atoms with Crippen LogP contribution in [0.3, 0.4) is 0 Å². The van der Waals surface area contributed by atoms with Crippen molar-refractivity contribution in [3.8, 4) is 0 Å². The van der Waals surface area contributed by atoms with Crippen molar-refractivity contribution < 1.29 is 43.7 Å². The molecule has 0 unspecified atom stereocenters. The largest absolute Gasteiger partial charge is 0.523 e. The van der Waals surface area contributed by atoms with Gasteiger partial charge in [-0.3, -0.25) is 8.98 Å².